The molecule has 1 fully saturated rings. The molecular weight excluding hydrogens is 469 g/mol. The van der Waals surface area contributed by atoms with E-state index in [2.05, 4.69) is 20.5 Å². The lowest BCUT2D eigenvalue weighted by Gasteiger charge is -2.26. The SMILES string of the molecule is CCNC(=NCCCN(CC)S(C)(=O)=O)NCCCN1CCOCC1.I. The van der Waals surface area contributed by atoms with Crippen molar-refractivity contribution in [2.75, 3.05) is 71.8 Å². The molecule has 0 aromatic rings. The average Bonchev–Trinajstić information content (AvgIpc) is 2.58. The topological polar surface area (TPSA) is 86.3 Å². The van der Waals surface area contributed by atoms with Crippen molar-refractivity contribution in [3.8, 4) is 0 Å². The van der Waals surface area contributed by atoms with Crippen LogP contribution in [0.2, 0.25) is 0 Å². The number of hydrogen-bond donors (Lipinski definition) is 2. The van der Waals surface area contributed by atoms with Crippen LogP contribution in [0.3, 0.4) is 0 Å². The summed E-state index contributed by atoms with van der Waals surface area (Å²) in [7, 11) is -3.11. The van der Waals surface area contributed by atoms with Crippen LogP contribution in [-0.2, 0) is 14.8 Å². The van der Waals surface area contributed by atoms with Crippen molar-refractivity contribution in [1.82, 2.24) is 19.8 Å². The molecule has 0 aromatic heterocycles. The van der Waals surface area contributed by atoms with Crippen LogP contribution >= 0.6 is 24.0 Å². The lowest BCUT2D eigenvalue weighted by atomic mass is 10.3. The van der Waals surface area contributed by atoms with Gasteiger partial charge in [-0.3, -0.25) is 9.89 Å². The molecule has 0 bridgehead atoms. The number of ether oxygens (including phenoxy) is 1. The predicted octanol–water partition coefficient (Wildman–Crippen LogP) is 0.553. The molecule has 0 unspecified atom stereocenters. The summed E-state index contributed by atoms with van der Waals surface area (Å²) in [5, 5.41) is 6.57. The van der Waals surface area contributed by atoms with Gasteiger partial charge in [-0.1, -0.05) is 6.92 Å². The lowest BCUT2D eigenvalue weighted by Crippen LogP contribution is -2.40. The Hall–Kier alpha value is -0.170. The highest BCUT2D eigenvalue weighted by Gasteiger charge is 2.13. The van der Waals surface area contributed by atoms with Crippen molar-refractivity contribution < 1.29 is 13.2 Å². The molecule has 156 valence electrons. The van der Waals surface area contributed by atoms with E-state index < -0.39 is 10.0 Å². The molecule has 8 nitrogen and oxygen atoms in total. The summed E-state index contributed by atoms with van der Waals surface area (Å²) >= 11 is 0. The third-order valence-electron chi connectivity index (χ3n) is 4.05. The van der Waals surface area contributed by atoms with Crippen LogP contribution < -0.4 is 10.6 Å². The van der Waals surface area contributed by atoms with Gasteiger partial charge in [-0.05, 0) is 26.3 Å². The summed E-state index contributed by atoms with van der Waals surface area (Å²) in [5.74, 6) is 0.798. The van der Waals surface area contributed by atoms with E-state index in [9.17, 15) is 8.42 Å². The molecule has 0 atom stereocenters. The van der Waals surface area contributed by atoms with Gasteiger partial charge < -0.3 is 15.4 Å². The fourth-order valence-electron chi connectivity index (χ4n) is 2.67. The molecule has 0 aliphatic carbocycles. The van der Waals surface area contributed by atoms with Gasteiger partial charge in [-0.2, -0.15) is 0 Å². The molecule has 1 saturated heterocycles. The van der Waals surface area contributed by atoms with Crippen molar-refractivity contribution in [3.63, 3.8) is 0 Å². The van der Waals surface area contributed by atoms with Crippen LogP contribution in [0.15, 0.2) is 4.99 Å². The van der Waals surface area contributed by atoms with Gasteiger partial charge in [0.05, 0.1) is 19.5 Å². The lowest BCUT2D eigenvalue weighted by molar-refractivity contribution is 0.0376. The molecule has 1 aliphatic rings. The zero-order valence-corrected chi connectivity index (χ0v) is 19.5. The number of rotatable bonds is 11. The average molecular weight is 505 g/mol. The fourth-order valence-corrected chi connectivity index (χ4v) is 3.60. The van der Waals surface area contributed by atoms with Gasteiger partial charge in [0, 0.05) is 45.8 Å². The largest absolute Gasteiger partial charge is 0.379 e. The fraction of sp³-hybridized carbons (Fsp3) is 0.938. The van der Waals surface area contributed by atoms with Crippen molar-refractivity contribution >= 4 is 40.0 Å². The monoisotopic (exact) mass is 505 g/mol. The summed E-state index contributed by atoms with van der Waals surface area (Å²) in [6.07, 6.45) is 3.02. The summed E-state index contributed by atoms with van der Waals surface area (Å²) < 4.78 is 29.9. The minimum Gasteiger partial charge on any atom is -0.379 e. The second-order valence-corrected chi connectivity index (χ2v) is 8.09. The molecule has 1 heterocycles. The van der Waals surface area contributed by atoms with Crippen molar-refractivity contribution in [2.24, 2.45) is 4.99 Å². The number of hydrogen-bond acceptors (Lipinski definition) is 5. The van der Waals surface area contributed by atoms with Gasteiger partial charge in [-0.15, -0.1) is 24.0 Å². The Balaban J connectivity index is 0.00000625. The van der Waals surface area contributed by atoms with E-state index in [0.29, 0.717) is 26.1 Å². The molecule has 0 saturated carbocycles. The van der Waals surface area contributed by atoms with Crippen LogP contribution in [0, 0.1) is 0 Å². The molecule has 26 heavy (non-hydrogen) atoms. The third kappa shape index (κ3) is 11.5. The van der Waals surface area contributed by atoms with Gasteiger partial charge in [0.15, 0.2) is 5.96 Å². The number of sulfonamides is 1. The van der Waals surface area contributed by atoms with E-state index in [-0.39, 0.29) is 24.0 Å². The quantitative estimate of drug-likeness (QED) is 0.185. The van der Waals surface area contributed by atoms with Gasteiger partial charge in [0.2, 0.25) is 10.0 Å². The van der Waals surface area contributed by atoms with E-state index in [4.69, 9.17) is 4.74 Å². The molecule has 0 aromatic carbocycles. The highest BCUT2D eigenvalue weighted by Crippen LogP contribution is 1.99. The van der Waals surface area contributed by atoms with Crippen LogP contribution in [0.4, 0.5) is 0 Å². The van der Waals surface area contributed by atoms with Gasteiger partial charge >= 0.3 is 0 Å². The number of nitrogens with one attached hydrogen (secondary N) is 2. The number of guanidine groups is 1. The van der Waals surface area contributed by atoms with Crippen LogP contribution in [0.25, 0.3) is 0 Å². The van der Waals surface area contributed by atoms with Gasteiger partial charge in [-0.25, -0.2) is 12.7 Å². The maximum atomic E-state index is 11.6. The number of aliphatic imine (C=N–C) groups is 1. The second kappa shape index (κ2) is 14.8. The summed E-state index contributed by atoms with van der Waals surface area (Å²) in [6.45, 7) is 11.9. The minimum absolute atomic E-state index is 0. The molecule has 1 aliphatic heterocycles. The minimum atomic E-state index is -3.11. The highest BCUT2D eigenvalue weighted by atomic mass is 127. The van der Waals surface area contributed by atoms with E-state index in [1.54, 1.807) is 0 Å². The standard InChI is InChI=1S/C16H35N5O3S.HI/c1-4-17-16(18-8-6-10-20-12-14-24-15-13-20)19-9-7-11-21(5-2)25(3,22)23;/h4-15H2,1-3H3,(H2,17,18,19);1H. The predicted molar refractivity (Wildman–Crippen MR) is 118 cm³/mol. The number of nitrogens with zero attached hydrogens (tertiary/aromatic N) is 3. The summed E-state index contributed by atoms with van der Waals surface area (Å²) in [6, 6.07) is 0. The first kappa shape index (κ1) is 25.8. The van der Waals surface area contributed by atoms with Crippen LogP contribution in [0.5, 0.6) is 0 Å². The highest BCUT2D eigenvalue weighted by molar-refractivity contribution is 14.0. The Morgan fingerprint density at radius 1 is 1.19 bits per heavy atom. The zero-order valence-electron chi connectivity index (χ0n) is 16.4. The Kier molecular flexibility index (Phi) is 14.7. The van der Waals surface area contributed by atoms with Crippen molar-refractivity contribution in [2.45, 2.75) is 26.7 Å². The first-order chi connectivity index (χ1) is 12.0. The van der Waals surface area contributed by atoms with Gasteiger partial charge in [0.25, 0.3) is 0 Å². The molecular formula is C16H36IN5O3S. The van der Waals surface area contributed by atoms with E-state index in [0.717, 1.165) is 58.3 Å². The molecule has 10 heteroatoms. The van der Waals surface area contributed by atoms with Crippen molar-refractivity contribution in [1.29, 1.82) is 0 Å². The Morgan fingerprint density at radius 2 is 1.88 bits per heavy atom. The normalized spacial score (nSPS) is 16.4. The molecule has 2 N–H and O–H groups in total. The van der Waals surface area contributed by atoms with Gasteiger partial charge in [0.1, 0.15) is 0 Å². The first-order valence-corrected chi connectivity index (χ1v) is 11.1. The maximum Gasteiger partial charge on any atom is 0.211 e. The zero-order chi connectivity index (χ0) is 18.5. The molecule has 0 radical (unpaired) electrons. The van der Waals surface area contributed by atoms with E-state index in [1.165, 1.54) is 10.6 Å². The summed E-state index contributed by atoms with van der Waals surface area (Å²) in [4.78, 5) is 6.94. The van der Waals surface area contributed by atoms with Crippen molar-refractivity contribution in [3.05, 3.63) is 0 Å². The Morgan fingerprint density at radius 3 is 2.46 bits per heavy atom. The first-order valence-electron chi connectivity index (χ1n) is 9.24. The Bertz CT molecular complexity index is 484. The maximum absolute atomic E-state index is 11.6. The number of morpholine rings is 1. The summed E-state index contributed by atoms with van der Waals surface area (Å²) in [5.41, 5.74) is 0. The van der Waals surface area contributed by atoms with Crippen LogP contribution in [-0.4, -0.2) is 95.4 Å². The van der Waals surface area contributed by atoms with E-state index >= 15 is 0 Å². The molecule has 0 spiro atoms. The Labute approximate surface area is 176 Å². The van der Waals surface area contributed by atoms with Crippen LogP contribution in [0.1, 0.15) is 26.7 Å². The smallest absolute Gasteiger partial charge is 0.211 e. The second-order valence-electron chi connectivity index (χ2n) is 6.10. The number of halogens is 1. The molecule has 0 amide bonds. The molecule has 1 rings (SSSR count). The van der Waals surface area contributed by atoms with E-state index in [1.807, 2.05) is 13.8 Å². The third-order valence-corrected chi connectivity index (χ3v) is 5.43.